The van der Waals surface area contributed by atoms with E-state index in [-0.39, 0.29) is 6.42 Å². The molecule has 1 atom stereocenters. The smallest absolute Gasteiger partial charge is 0.408 e. The summed E-state index contributed by atoms with van der Waals surface area (Å²) in [5, 5.41) is 12.0. The van der Waals surface area contributed by atoms with Crippen LogP contribution in [0.3, 0.4) is 0 Å². The lowest BCUT2D eigenvalue weighted by Gasteiger charge is -2.22. The molecular formula is C34H35NO5S. The van der Waals surface area contributed by atoms with Crippen LogP contribution < -0.4 is 10.1 Å². The molecule has 4 rings (SSSR count). The zero-order chi connectivity index (χ0) is 29.4. The van der Waals surface area contributed by atoms with E-state index in [4.69, 9.17) is 9.47 Å². The molecule has 4 aromatic rings. The number of carboxylic acids is 1. The van der Waals surface area contributed by atoms with Crippen molar-refractivity contribution in [1.29, 1.82) is 0 Å². The Hall–Kier alpha value is -4.23. The van der Waals surface area contributed by atoms with Gasteiger partial charge in [-0.05, 0) is 86.7 Å². The van der Waals surface area contributed by atoms with Crippen molar-refractivity contribution in [2.75, 3.05) is 5.75 Å². The van der Waals surface area contributed by atoms with Gasteiger partial charge in [0.15, 0.2) is 0 Å². The highest BCUT2D eigenvalue weighted by Crippen LogP contribution is 2.37. The maximum Gasteiger partial charge on any atom is 0.408 e. The molecule has 2 N–H and O–H groups in total. The van der Waals surface area contributed by atoms with Crippen LogP contribution in [0.4, 0.5) is 4.79 Å². The number of hydrogen-bond donors (Lipinski definition) is 2. The van der Waals surface area contributed by atoms with Gasteiger partial charge in [-0.3, -0.25) is 0 Å². The molecule has 212 valence electrons. The molecule has 0 aliphatic heterocycles. The molecule has 0 aliphatic rings. The molecule has 1 amide bonds. The maximum atomic E-state index is 12.0. The number of hydrogen-bond acceptors (Lipinski definition) is 5. The number of thioether (sulfide) groups is 1. The molecule has 0 heterocycles. The Morgan fingerprint density at radius 2 is 1.54 bits per heavy atom. The second-order valence-corrected chi connectivity index (χ2v) is 11.8. The molecule has 0 fully saturated rings. The summed E-state index contributed by atoms with van der Waals surface area (Å²) in [7, 11) is 0. The number of para-hydroxylation sites is 2. The van der Waals surface area contributed by atoms with Crippen LogP contribution in [-0.2, 0) is 9.53 Å². The quantitative estimate of drug-likeness (QED) is 0.186. The summed E-state index contributed by atoms with van der Waals surface area (Å²) < 4.78 is 11.5. The van der Waals surface area contributed by atoms with Gasteiger partial charge in [0.1, 0.15) is 23.1 Å². The van der Waals surface area contributed by atoms with Crippen LogP contribution in [-0.4, -0.2) is 34.6 Å². The lowest BCUT2D eigenvalue weighted by Crippen LogP contribution is -2.43. The molecule has 0 aliphatic carbocycles. The van der Waals surface area contributed by atoms with Gasteiger partial charge in [0.05, 0.1) is 0 Å². The van der Waals surface area contributed by atoms with Crippen molar-refractivity contribution < 1.29 is 24.2 Å². The highest BCUT2D eigenvalue weighted by molar-refractivity contribution is 7.99. The molecule has 41 heavy (non-hydrogen) atoms. The average Bonchev–Trinajstić information content (AvgIpc) is 2.93. The molecule has 0 radical (unpaired) electrons. The highest BCUT2D eigenvalue weighted by Gasteiger charge is 2.23. The van der Waals surface area contributed by atoms with Crippen LogP contribution in [0.2, 0.25) is 0 Å². The Kier molecular flexibility index (Phi) is 9.73. The predicted octanol–water partition coefficient (Wildman–Crippen LogP) is 8.58. The number of aliphatic carboxylic acids is 1. The summed E-state index contributed by atoms with van der Waals surface area (Å²) >= 11 is 1.54. The van der Waals surface area contributed by atoms with Crippen molar-refractivity contribution in [3.05, 3.63) is 103 Å². The van der Waals surface area contributed by atoms with Crippen molar-refractivity contribution >= 4 is 23.8 Å². The van der Waals surface area contributed by atoms with Gasteiger partial charge in [0.2, 0.25) is 0 Å². The Morgan fingerprint density at radius 3 is 2.22 bits per heavy atom. The first-order valence-electron chi connectivity index (χ1n) is 13.5. The molecule has 0 bridgehead atoms. The van der Waals surface area contributed by atoms with E-state index in [1.165, 1.54) is 0 Å². The first-order valence-corrected chi connectivity index (χ1v) is 14.5. The second kappa shape index (κ2) is 13.4. The average molecular weight is 570 g/mol. The second-order valence-electron chi connectivity index (χ2n) is 10.6. The zero-order valence-electron chi connectivity index (χ0n) is 23.7. The van der Waals surface area contributed by atoms with E-state index in [0.717, 1.165) is 44.2 Å². The zero-order valence-corrected chi connectivity index (χ0v) is 24.5. The Bertz CT molecular complexity index is 1480. The fourth-order valence-electron chi connectivity index (χ4n) is 4.23. The number of carbonyl (C=O) groups is 2. The fraction of sp³-hybridized carbons (Fsp3) is 0.235. The van der Waals surface area contributed by atoms with E-state index in [9.17, 15) is 14.7 Å². The van der Waals surface area contributed by atoms with Gasteiger partial charge in [-0.15, -0.1) is 11.8 Å². The number of aryl methyl sites for hydroxylation is 1. The predicted molar refractivity (Wildman–Crippen MR) is 165 cm³/mol. The molecule has 7 heteroatoms. The molecule has 0 saturated carbocycles. The number of alkyl carbamates (subject to hydrolysis) is 1. The fourth-order valence-corrected chi connectivity index (χ4v) is 5.15. The topological polar surface area (TPSA) is 84.9 Å². The molecule has 0 aromatic heterocycles. The molecule has 0 saturated heterocycles. The largest absolute Gasteiger partial charge is 0.480 e. The molecule has 4 aromatic carbocycles. The van der Waals surface area contributed by atoms with Gasteiger partial charge in [0.25, 0.3) is 0 Å². The minimum Gasteiger partial charge on any atom is -0.480 e. The number of nitrogens with one attached hydrogen (secondary N) is 1. The minimum atomic E-state index is -1.09. The van der Waals surface area contributed by atoms with Gasteiger partial charge in [-0.2, -0.15) is 0 Å². The van der Waals surface area contributed by atoms with Gasteiger partial charge in [-0.1, -0.05) is 66.7 Å². The SMILES string of the molecule is Cc1cccc(-c2cccc(-c3ccc(SCCC(NC(=O)OC(C)(C)C)C(=O)O)cc3)c2)c1Oc1ccccc1. The standard InChI is InChI=1S/C34H35NO5S/c1-23-10-8-15-29(31(23)39-27-13-6-5-7-14-27)26-12-9-11-25(22-26)24-16-18-28(19-17-24)41-21-20-30(32(36)37)35-33(38)40-34(2,3)4/h5-19,22,30H,20-21H2,1-4H3,(H,35,38)(H,36,37). The van der Waals surface area contributed by atoms with Gasteiger partial charge in [-0.25, -0.2) is 9.59 Å². The van der Waals surface area contributed by atoms with Crippen LogP contribution in [0, 0.1) is 6.92 Å². The summed E-state index contributed by atoms with van der Waals surface area (Å²) in [5.41, 5.74) is 4.61. The van der Waals surface area contributed by atoms with E-state index >= 15 is 0 Å². The van der Waals surface area contributed by atoms with Crippen molar-refractivity contribution in [1.82, 2.24) is 5.32 Å². The van der Waals surface area contributed by atoms with E-state index < -0.39 is 23.7 Å². The van der Waals surface area contributed by atoms with E-state index in [1.54, 1.807) is 32.5 Å². The summed E-state index contributed by atoms with van der Waals surface area (Å²) in [6.45, 7) is 7.25. The first kappa shape index (κ1) is 29.7. The van der Waals surface area contributed by atoms with Crippen LogP contribution in [0.1, 0.15) is 32.8 Å². The lowest BCUT2D eigenvalue weighted by molar-refractivity contribution is -0.139. The summed E-state index contributed by atoms with van der Waals surface area (Å²) in [6.07, 6.45) is -0.460. The molecule has 6 nitrogen and oxygen atoms in total. The number of ether oxygens (including phenoxy) is 2. The normalized spacial score (nSPS) is 11.9. The van der Waals surface area contributed by atoms with Gasteiger partial charge in [0, 0.05) is 16.2 Å². The van der Waals surface area contributed by atoms with Gasteiger partial charge < -0.3 is 19.9 Å². The number of amides is 1. The van der Waals surface area contributed by atoms with Crippen LogP contribution in [0.5, 0.6) is 11.5 Å². The molecular weight excluding hydrogens is 534 g/mol. The first-order chi connectivity index (χ1) is 19.6. The maximum absolute atomic E-state index is 12.0. The van der Waals surface area contributed by atoms with Gasteiger partial charge >= 0.3 is 12.1 Å². The van der Waals surface area contributed by atoms with E-state index in [1.807, 2.05) is 67.6 Å². The Labute approximate surface area is 245 Å². The van der Waals surface area contributed by atoms with Crippen molar-refractivity contribution in [3.8, 4) is 33.8 Å². The number of carboxylic acid groups (broad SMARTS) is 1. The summed E-state index contributed by atoms with van der Waals surface area (Å²) in [5.74, 6) is 1.07. The van der Waals surface area contributed by atoms with Crippen LogP contribution in [0.25, 0.3) is 22.3 Å². The summed E-state index contributed by atoms with van der Waals surface area (Å²) in [6, 6.07) is 31.5. The van der Waals surface area contributed by atoms with Crippen LogP contribution in [0.15, 0.2) is 102 Å². The number of rotatable bonds is 10. The number of carbonyl (C=O) groups excluding carboxylic acids is 1. The van der Waals surface area contributed by atoms with Crippen LogP contribution >= 0.6 is 11.8 Å². The van der Waals surface area contributed by atoms with E-state index in [2.05, 4.69) is 41.7 Å². The number of benzene rings is 4. The third-order valence-corrected chi connectivity index (χ3v) is 7.25. The monoisotopic (exact) mass is 569 g/mol. The lowest BCUT2D eigenvalue weighted by atomic mass is 9.97. The third-order valence-electron chi connectivity index (χ3n) is 6.20. The Morgan fingerprint density at radius 1 is 0.854 bits per heavy atom. The third kappa shape index (κ3) is 8.63. The van der Waals surface area contributed by atoms with Crippen molar-refractivity contribution in [3.63, 3.8) is 0 Å². The van der Waals surface area contributed by atoms with Crippen molar-refractivity contribution in [2.45, 2.75) is 50.7 Å². The Balaban J connectivity index is 1.43. The molecule has 0 spiro atoms. The van der Waals surface area contributed by atoms with E-state index in [0.29, 0.717) is 5.75 Å². The highest BCUT2D eigenvalue weighted by atomic mass is 32.2. The van der Waals surface area contributed by atoms with Crippen molar-refractivity contribution in [2.24, 2.45) is 0 Å². The minimum absolute atomic E-state index is 0.271. The summed E-state index contributed by atoms with van der Waals surface area (Å²) in [4.78, 5) is 24.6. The molecule has 1 unspecified atom stereocenters.